The van der Waals surface area contributed by atoms with Gasteiger partial charge in [0.1, 0.15) is 0 Å². The molecule has 0 unspecified atom stereocenters. The van der Waals surface area contributed by atoms with Gasteiger partial charge in [0.2, 0.25) is 0 Å². The summed E-state index contributed by atoms with van der Waals surface area (Å²) < 4.78 is 0. The van der Waals surface area contributed by atoms with E-state index in [1.54, 1.807) is 32.1 Å². The maximum atomic E-state index is 3.78. The molecule has 5 fully saturated rings. The quantitative estimate of drug-likeness (QED) is 0.826. The summed E-state index contributed by atoms with van der Waals surface area (Å²) in [5.41, 5.74) is 3.78. The highest BCUT2D eigenvalue weighted by Gasteiger charge is 2.47. The third-order valence-electron chi connectivity index (χ3n) is 6.33. The van der Waals surface area contributed by atoms with Crippen molar-refractivity contribution in [3.8, 4) is 0 Å². The van der Waals surface area contributed by atoms with E-state index in [-0.39, 0.29) is 0 Å². The maximum Gasteiger partial charge on any atom is 0.0136 e. The smallest absolute Gasteiger partial charge is 0.0136 e. The van der Waals surface area contributed by atoms with Crippen LogP contribution < -0.4 is 5.43 Å². The molecular weight excluding hydrogens is 220 g/mol. The maximum absolute atomic E-state index is 3.78. The summed E-state index contributed by atoms with van der Waals surface area (Å²) in [5.74, 6) is 5.43. The lowest BCUT2D eigenvalue weighted by atomic mass is 9.52. The molecule has 2 heteroatoms. The third-order valence-corrected chi connectivity index (χ3v) is 6.33. The first-order chi connectivity index (χ1) is 8.88. The van der Waals surface area contributed by atoms with E-state index in [9.17, 15) is 0 Å². The van der Waals surface area contributed by atoms with Crippen LogP contribution in [0.1, 0.15) is 51.4 Å². The first kappa shape index (κ1) is 11.7. The van der Waals surface area contributed by atoms with Gasteiger partial charge in [-0.05, 0) is 74.5 Å². The van der Waals surface area contributed by atoms with E-state index in [1.165, 1.54) is 38.9 Å². The molecule has 4 saturated carbocycles. The van der Waals surface area contributed by atoms with Gasteiger partial charge >= 0.3 is 0 Å². The molecule has 18 heavy (non-hydrogen) atoms. The molecule has 1 heterocycles. The molecule has 1 N–H and O–H groups in total. The molecule has 102 valence electrons. The fraction of sp³-hybridized carbons (Fsp3) is 1.00. The van der Waals surface area contributed by atoms with Crippen LogP contribution >= 0.6 is 0 Å². The Bertz CT molecular complexity index is 267. The van der Waals surface area contributed by atoms with Gasteiger partial charge in [0, 0.05) is 19.6 Å². The van der Waals surface area contributed by atoms with Crippen molar-refractivity contribution in [1.29, 1.82) is 0 Å². The lowest BCUT2D eigenvalue weighted by molar-refractivity contribution is -0.0436. The third kappa shape index (κ3) is 2.12. The number of nitrogens with one attached hydrogen (secondary N) is 1. The zero-order valence-electron chi connectivity index (χ0n) is 11.6. The van der Waals surface area contributed by atoms with Gasteiger partial charge in [-0.25, -0.2) is 5.01 Å². The monoisotopic (exact) mass is 248 g/mol. The molecule has 0 aromatic carbocycles. The van der Waals surface area contributed by atoms with Gasteiger partial charge in [-0.1, -0.05) is 6.42 Å². The number of hydrazine groups is 1. The molecule has 1 aliphatic heterocycles. The van der Waals surface area contributed by atoms with Crippen molar-refractivity contribution in [2.24, 2.45) is 29.6 Å². The van der Waals surface area contributed by atoms with E-state index < -0.39 is 0 Å². The predicted molar refractivity (Wildman–Crippen MR) is 74.0 cm³/mol. The number of hydrogen-bond donors (Lipinski definition) is 1. The van der Waals surface area contributed by atoms with Crippen molar-refractivity contribution >= 4 is 0 Å². The summed E-state index contributed by atoms with van der Waals surface area (Å²) in [7, 11) is 0. The molecule has 4 bridgehead atoms. The van der Waals surface area contributed by atoms with Gasteiger partial charge in [-0.15, -0.1) is 0 Å². The summed E-state index contributed by atoms with van der Waals surface area (Å²) in [5, 5.41) is 2.51. The Morgan fingerprint density at radius 3 is 2.00 bits per heavy atom. The molecule has 0 radical (unpaired) electrons. The summed E-state index contributed by atoms with van der Waals surface area (Å²) >= 11 is 0. The van der Waals surface area contributed by atoms with Crippen LogP contribution in [0.15, 0.2) is 0 Å². The molecule has 5 aliphatic rings. The SMILES string of the molecule is C1CCN(NCC2C3CC4CC(C3)CC2C4)CC1. The summed E-state index contributed by atoms with van der Waals surface area (Å²) in [6, 6.07) is 0. The van der Waals surface area contributed by atoms with E-state index in [0.717, 1.165) is 29.6 Å². The highest BCUT2D eigenvalue weighted by molar-refractivity contribution is 4.98. The molecule has 0 amide bonds. The molecule has 0 aromatic heterocycles. The van der Waals surface area contributed by atoms with Crippen LogP contribution in [0.25, 0.3) is 0 Å². The standard InChI is InChI=1S/C16H28N2/c1-2-4-18(5-3-1)17-11-16-14-7-12-6-13(9-14)10-15(16)8-12/h12-17H,1-11H2. The number of rotatable bonds is 3. The largest absolute Gasteiger partial charge is 0.255 e. The van der Waals surface area contributed by atoms with E-state index >= 15 is 0 Å². The Kier molecular flexibility index (Phi) is 3.12. The van der Waals surface area contributed by atoms with Crippen molar-refractivity contribution in [3.05, 3.63) is 0 Å². The Balaban J connectivity index is 1.34. The molecule has 0 spiro atoms. The van der Waals surface area contributed by atoms with Gasteiger partial charge in [0.05, 0.1) is 0 Å². The fourth-order valence-corrected chi connectivity index (χ4v) is 5.66. The molecule has 5 rings (SSSR count). The van der Waals surface area contributed by atoms with Gasteiger partial charge in [-0.2, -0.15) is 0 Å². The van der Waals surface area contributed by atoms with Crippen LogP contribution in [-0.4, -0.2) is 24.6 Å². The van der Waals surface area contributed by atoms with Crippen molar-refractivity contribution in [3.63, 3.8) is 0 Å². The number of hydrogen-bond acceptors (Lipinski definition) is 2. The van der Waals surface area contributed by atoms with E-state index in [0.29, 0.717) is 0 Å². The van der Waals surface area contributed by atoms with Crippen LogP contribution in [0.5, 0.6) is 0 Å². The highest BCUT2D eigenvalue weighted by Crippen LogP contribution is 2.56. The van der Waals surface area contributed by atoms with Gasteiger partial charge in [0.15, 0.2) is 0 Å². The van der Waals surface area contributed by atoms with Crippen LogP contribution in [0.3, 0.4) is 0 Å². The predicted octanol–water partition coefficient (Wildman–Crippen LogP) is 3.05. The molecule has 2 nitrogen and oxygen atoms in total. The summed E-state index contributed by atoms with van der Waals surface area (Å²) in [6.45, 7) is 3.86. The second kappa shape index (κ2) is 4.79. The van der Waals surface area contributed by atoms with Crippen LogP contribution in [-0.2, 0) is 0 Å². The Morgan fingerprint density at radius 1 is 0.778 bits per heavy atom. The summed E-state index contributed by atoms with van der Waals surface area (Å²) in [6.07, 6.45) is 12.1. The minimum absolute atomic E-state index is 1.01. The lowest BCUT2D eigenvalue weighted by Crippen LogP contribution is -2.51. The first-order valence-electron chi connectivity index (χ1n) is 8.37. The van der Waals surface area contributed by atoms with Crippen molar-refractivity contribution in [2.75, 3.05) is 19.6 Å². The molecule has 0 aromatic rings. The normalized spacial score (nSPS) is 47.7. The molecule has 0 atom stereocenters. The zero-order chi connectivity index (χ0) is 11.9. The minimum Gasteiger partial charge on any atom is -0.255 e. The minimum atomic E-state index is 1.01. The fourth-order valence-electron chi connectivity index (χ4n) is 5.66. The Morgan fingerprint density at radius 2 is 1.39 bits per heavy atom. The van der Waals surface area contributed by atoms with Crippen LogP contribution in [0.2, 0.25) is 0 Å². The molecule has 1 saturated heterocycles. The Labute approximate surface area is 111 Å². The zero-order valence-corrected chi connectivity index (χ0v) is 11.6. The highest BCUT2D eigenvalue weighted by atomic mass is 15.5. The van der Waals surface area contributed by atoms with E-state index in [1.807, 2.05) is 0 Å². The van der Waals surface area contributed by atoms with Crippen molar-refractivity contribution < 1.29 is 0 Å². The first-order valence-corrected chi connectivity index (χ1v) is 8.37. The van der Waals surface area contributed by atoms with E-state index in [2.05, 4.69) is 10.4 Å². The average Bonchev–Trinajstić information content (AvgIpc) is 2.38. The lowest BCUT2D eigenvalue weighted by Gasteiger charge is -2.54. The van der Waals surface area contributed by atoms with Crippen LogP contribution in [0, 0.1) is 29.6 Å². The van der Waals surface area contributed by atoms with E-state index in [4.69, 9.17) is 0 Å². The molecule has 4 aliphatic carbocycles. The topological polar surface area (TPSA) is 15.3 Å². The Hall–Kier alpha value is -0.0800. The summed E-state index contributed by atoms with van der Waals surface area (Å²) in [4.78, 5) is 0. The van der Waals surface area contributed by atoms with Gasteiger partial charge in [-0.3, -0.25) is 5.43 Å². The van der Waals surface area contributed by atoms with Crippen LogP contribution in [0.4, 0.5) is 0 Å². The second-order valence-electron chi connectivity index (χ2n) is 7.50. The number of nitrogens with zero attached hydrogens (tertiary/aromatic N) is 1. The van der Waals surface area contributed by atoms with Gasteiger partial charge in [0.25, 0.3) is 0 Å². The number of piperidine rings is 1. The second-order valence-corrected chi connectivity index (χ2v) is 7.50. The average molecular weight is 248 g/mol. The van der Waals surface area contributed by atoms with Crippen molar-refractivity contribution in [2.45, 2.75) is 51.4 Å². The van der Waals surface area contributed by atoms with Gasteiger partial charge < -0.3 is 0 Å². The molecular formula is C16H28N2. The van der Waals surface area contributed by atoms with Crippen molar-refractivity contribution in [1.82, 2.24) is 10.4 Å².